The van der Waals surface area contributed by atoms with E-state index in [1.807, 2.05) is 0 Å². The first-order chi connectivity index (χ1) is 8.63. The Morgan fingerprint density at radius 2 is 2.28 bits per heavy atom. The average Bonchev–Trinajstić information content (AvgIpc) is 2.90. The Morgan fingerprint density at radius 3 is 2.83 bits per heavy atom. The van der Waals surface area contributed by atoms with Crippen LogP contribution in [0, 0.1) is 10.1 Å². The minimum absolute atomic E-state index is 0.0827. The number of nitrogens with zero attached hydrogens (tertiary/aromatic N) is 3. The second kappa shape index (κ2) is 4.66. The third-order valence-electron chi connectivity index (χ3n) is 2.44. The molecule has 1 aromatic heterocycles. The van der Waals surface area contributed by atoms with Crippen molar-refractivity contribution in [2.75, 3.05) is 7.05 Å². The number of nitrogens with one attached hydrogen (secondary N) is 1. The van der Waals surface area contributed by atoms with Crippen molar-refractivity contribution in [1.82, 2.24) is 14.9 Å². The van der Waals surface area contributed by atoms with Gasteiger partial charge >= 0.3 is 0 Å². The average molecular weight is 246 g/mol. The molecule has 2 aromatic rings. The summed E-state index contributed by atoms with van der Waals surface area (Å²) in [5, 5.41) is 13.4. The molecule has 0 spiro atoms. The molecule has 0 radical (unpaired) electrons. The summed E-state index contributed by atoms with van der Waals surface area (Å²) in [7, 11) is 1.50. The van der Waals surface area contributed by atoms with E-state index < -0.39 is 4.92 Å². The Hall–Kier alpha value is -2.70. The first kappa shape index (κ1) is 11.8. The van der Waals surface area contributed by atoms with Gasteiger partial charge in [-0.3, -0.25) is 14.9 Å². The van der Waals surface area contributed by atoms with Crippen molar-refractivity contribution in [2.45, 2.75) is 0 Å². The van der Waals surface area contributed by atoms with Gasteiger partial charge in [-0.05, 0) is 12.1 Å². The smallest absolute Gasteiger partial charge is 0.293 e. The Balaban J connectivity index is 2.59. The summed E-state index contributed by atoms with van der Waals surface area (Å²) in [5.74, 6) is -0.300. The van der Waals surface area contributed by atoms with Gasteiger partial charge in [0.2, 0.25) is 0 Å². The minimum atomic E-state index is -0.497. The Morgan fingerprint density at radius 1 is 1.50 bits per heavy atom. The number of hydrogen-bond donors (Lipinski definition) is 1. The zero-order valence-electron chi connectivity index (χ0n) is 9.53. The lowest BCUT2D eigenvalue weighted by Gasteiger charge is -2.06. The van der Waals surface area contributed by atoms with Crippen LogP contribution in [-0.4, -0.2) is 27.4 Å². The maximum absolute atomic E-state index is 11.5. The van der Waals surface area contributed by atoms with E-state index in [1.165, 1.54) is 42.3 Å². The van der Waals surface area contributed by atoms with E-state index in [0.717, 1.165) is 0 Å². The van der Waals surface area contributed by atoms with E-state index in [-0.39, 0.29) is 11.6 Å². The lowest BCUT2D eigenvalue weighted by molar-refractivity contribution is -0.384. The second-order valence-corrected chi connectivity index (χ2v) is 3.51. The van der Waals surface area contributed by atoms with E-state index in [1.54, 1.807) is 6.20 Å². The van der Waals surface area contributed by atoms with Gasteiger partial charge in [0.15, 0.2) is 0 Å². The first-order valence-corrected chi connectivity index (χ1v) is 5.12. The third kappa shape index (κ3) is 2.05. The molecule has 0 bridgehead atoms. The summed E-state index contributed by atoms with van der Waals surface area (Å²) in [5.41, 5.74) is 0.575. The molecule has 1 aromatic carbocycles. The van der Waals surface area contributed by atoms with Crippen molar-refractivity contribution < 1.29 is 9.72 Å². The van der Waals surface area contributed by atoms with E-state index in [9.17, 15) is 14.9 Å². The topological polar surface area (TPSA) is 90.1 Å². The van der Waals surface area contributed by atoms with E-state index in [0.29, 0.717) is 11.3 Å². The van der Waals surface area contributed by atoms with Crippen molar-refractivity contribution in [3.63, 3.8) is 0 Å². The number of carbonyl (C=O) groups is 1. The molecular formula is C11H10N4O3. The van der Waals surface area contributed by atoms with Gasteiger partial charge < -0.3 is 9.88 Å². The number of rotatable bonds is 3. The van der Waals surface area contributed by atoms with Crippen LogP contribution in [0.15, 0.2) is 36.9 Å². The van der Waals surface area contributed by atoms with Crippen LogP contribution in [-0.2, 0) is 0 Å². The molecule has 1 heterocycles. The van der Waals surface area contributed by atoms with Gasteiger partial charge in [0.05, 0.1) is 11.3 Å². The monoisotopic (exact) mass is 246 g/mol. The van der Waals surface area contributed by atoms with Crippen molar-refractivity contribution in [3.05, 3.63) is 52.6 Å². The fourth-order valence-corrected chi connectivity index (χ4v) is 1.57. The number of benzene rings is 1. The van der Waals surface area contributed by atoms with Crippen molar-refractivity contribution in [1.29, 1.82) is 0 Å². The Kier molecular flexibility index (Phi) is 3.05. The highest BCUT2D eigenvalue weighted by Gasteiger charge is 2.17. The lowest BCUT2D eigenvalue weighted by atomic mass is 10.1. The Labute approximate surface area is 102 Å². The molecule has 0 aliphatic rings. The number of imidazole rings is 1. The van der Waals surface area contributed by atoms with Gasteiger partial charge in [-0.1, -0.05) is 0 Å². The molecule has 1 N–H and O–H groups in total. The van der Waals surface area contributed by atoms with E-state index in [2.05, 4.69) is 10.3 Å². The molecule has 7 heteroatoms. The second-order valence-electron chi connectivity index (χ2n) is 3.51. The van der Waals surface area contributed by atoms with Gasteiger partial charge in [0.25, 0.3) is 11.6 Å². The van der Waals surface area contributed by atoms with Gasteiger partial charge in [-0.25, -0.2) is 4.98 Å². The van der Waals surface area contributed by atoms with Gasteiger partial charge in [0, 0.05) is 31.1 Å². The molecular weight excluding hydrogens is 236 g/mol. The summed E-state index contributed by atoms with van der Waals surface area (Å²) in [6.45, 7) is 0. The normalized spacial score (nSPS) is 10.1. The van der Waals surface area contributed by atoms with Crippen molar-refractivity contribution in [3.8, 4) is 5.69 Å². The number of aromatic nitrogens is 2. The standard InChI is InChI=1S/C11H10N4O3/c1-12-11(16)8-2-3-9(15(17)18)10(6-8)14-5-4-13-7-14/h2-7H,1H3,(H,12,16). The van der Waals surface area contributed by atoms with Gasteiger partial charge in [0.1, 0.15) is 5.69 Å². The van der Waals surface area contributed by atoms with E-state index >= 15 is 0 Å². The molecule has 0 saturated carbocycles. The molecule has 92 valence electrons. The molecule has 0 unspecified atom stereocenters. The molecule has 7 nitrogen and oxygen atoms in total. The van der Waals surface area contributed by atoms with Crippen LogP contribution in [0.3, 0.4) is 0 Å². The van der Waals surface area contributed by atoms with Crippen LogP contribution in [0.25, 0.3) is 5.69 Å². The van der Waals surface area contributed by atoms with Gasteiger partial charge in [-0.15, -0.1) is 0 Å². The minimum Gasteiger partial charge on any atom is -0.355 e. The largest absolute Gasteiger partial charge is 0.355 e. The summed E-state index contributed by atoms with van der Waals surface area (Å²) in [6.07, 6.45) is 4.53. The highest BCUT2D eigenvalue weighted by atomic mass is 16.6. The lowest BCUT2D eigenvalue weighted by Crippen LogP contribution is -2.18. The highest BCUT2D eigenvalue weighted by molar-refractivity contribution is 5.95. The maximum atomic E-state index is 11.5. The molecule has 0 aliphatic carbocycles. The maximum Gasteiger partial charge on any atom is 0.293 e. The summed E-state index contributed by atoms with van der Waals surface area (Å²) in [6, 6.07) is 4.18. The van der Waals surface area contributed by atoms with Crippen LogP contribution in [0.4, 0.5) is 5.69 Å². The first-order valence-electron chi connectivity index (χ1n) is 5.12. The van der Waals surface area contributed by atoms with Crippen LogP contribution < -0.4 is 5.32 Å². The fraction of sp³-hybridized carbons (Fsp3) is 0.0909. The molecule has 18 heavy (non-hydrogen) atoms. The molecule has 0 atom stereocenters. The third-order valence-corrected chi connectivity index (χ3v) is 2.44. The van der Waals surface area contributed by atoms with Crippen LogP contribution in [0.1, 0.15) is 10.4 Å². The number of nitro benzene ring substituents is 1. The predicted octanol–water partition coefficient (Wildman–Crippen LogP) is 1.14. The van der Waals surface area contributed by atoms with Crippen molar-refractivity contribution in [2.24, 2.45) is 0 Å². The summed E-state index contributed by atoms with van der Waals surface area (Å²) < 4.78 is 1.49. The zero-order chi connectivity index (χ0) is 13.1. The fourth-order valence-electron chi connectivity index (χ4n) is 1.57. The molecule has 0 aliphatic heterocycles. The van der Waals surface area contributed by atoms with Gasteiger partial charge in [-0.2, -0.15) is 0 Å². The molecule has 0 saturated heterocycles. The van der Waals surface area contributed by atoms with Crippen LogP contribution in [0.5, 0.6) is 0 Å². The summed E-state index contributed by atoms with van der Waals surface area (Å²) in [4.78, 5) is 25.8. The number of amides is 1. The van der Waals surface area contributed by atoms with Crippen LogP contribution in [0.2, 0.25) is 0 Å². The zero-order valence-corrected chi connectivity index (χ0v) is 9.53. The SMILES string of the molecule is CNC(=O)c1ccc([N+](=O)[O-])c(-n2ccnc2)c1. The molecule has 0 fully saturated rings. The van der Waals surface area contributed by atoms with Crippen LogP contribution >= 0.6 is 0 Å². The number of nitro groups is 1. The predicted molar refractivity (Wildman–Crippen MR) is 63.6 cm³/mol. The number of carbonyl (C=O) groups excluding carboxylic acids is 1. The Bertz CT molecular complexity index is 592. The van der Waals surface area contributed by atoms with Crippen molar-refractivity contribution >= 4 is 11.6 Å². The molecule has 2 rings (SSSR count). The summed E-state index contributed by atoms with van der Waals surface area (Å²) >= 11 is 0. The molecule has 1 amide bonds. The quantitative estimate of drug-likeness (QED) is 0.649. The highest BCUT2D eigenvalue weighted by Crippen LogP contribution is 2.23. The number of hydrogen-bond acceptors (Lipinski definition) is 4. The van der Waals surface area contributed by atoms with E-state index in [4.69, 9.17) is 0 Å².